The zero-order chi connectivity index (χ0) is 15.8. The van der Waals surface area contributed by atoms with E-state index in [0.717, 1.165) is 25.1 Å². The lowest BCUT2D eigenvalue weighted by Gasteiger charge is -2.21. The number of carbonyl (C=O) groups is 2. The Bertz CT molecular complexity index is 485. The molecule has 7 heteroatoms. The number of nitrogens with two attached hydrogens (primary N) is 1. The Balaban J connectivity index is 2.88. The Labute approximate surface area is 125 Å². The Morgan fingerprint density at radius 3 is 2.71 bits per heavy atom. The van der Waals surface area contributed by atoms with Crippen molar-refractivity contribution in [2.75, 3.05) is 19.7 Å². The van der Waals surface area contributed by atoms with Crippen LogP contribution in [0.2, 0.25) is 0 Å². The van der Waals surface area contributed by atoms with Gasteiger partial charge in [0, 0.05) is 13.6 Å². The molecule has 21 heavy (non-hydrogen) atoms. The second kappa shape index (κ2) is 8.41. The van der Waals surface area contributed by atoms with Crippen LogP contribution in [0.4, 0.5) is 0 Å². The Morgan fingerprint density at radius 1 is 1.43 bits per heavy atom. The summed E-state index contributed by atoms with van der Waals surface area (Å²) in [5, 5.41) is 4.11. The number of aryl methyl sites for hydroxylation is 1. The average Bonchev–Trinajstić information content (AvgIpc) is 2.77. The summed E-state index contributed by atoms with van der Waals surface area (Å²) in [5.41, 5.74) is 6.45. The molecule has 0 aliphatic carbocycles. The van der Waals surface area contributed by atoms with Crippen molar-refractivity contribution in [3.8, 4) is 0 Å². The maximum atomic E-state index is 11.9. The van der Waals surface area contributed by atoms with Crippen LogP contribution in [0.15, 0.2) is 6.20 Å². The molecule has 0 fully saturated rings. The van der Waals surface area contributed by atoms with Crippen molar-refractivity contribution in [2.45, 2.75) is 33.2 Å². The quantitative estimate of drug-likeness (QED) is 0.677. The van der Waals surface area contributed by atoms with Gasteiger partial charge in [0.2, 0.25) is 5.91 Å². The van der Waals surface area contributed by atoms with Crippen molar-refractivity contribution < 1.29 is 14.3 Å². The summed E-state index contributed by atoms with van der Waals surface area (Å²) >= 11 is 0. The topological polar surface area (TPSA) is 90.4 Å². The zero-order valence-corrected chi connectivity index (χ0v) is 13.0. The lowest BCUT2D eigenvalue weighted by Crippen LogP contribution is -2.35. The molecule has 0 spiro atoms. The Kier molecular flexibility index (Phi) is 6.87. The van der Waals surface area contributed by atoms with Gasteiger partial charge in [0.25, 0.3) is 0 Å². The van der Waals surface area contributed by atoms with Crippen LogP contribution >= 0.6 is 0 Å². The van der Waals surface area contributed by atoms with Gasteiger partial charge in [-0.1, -0.05) is 13.3 Å². The molecule has 2 N–H and O–H groups in total. The Morgan fingerprint density at radius 2 is 2.14 bits per heavy atom. The summed E-state index contributed by atoms with van der Waals surface area (Å²) < 4.78 is 6.65. The molecule has 0 aromatic carbocycles. The number of rotatable bonds is 9. The zero-order valence-electron chi connectivity index (χ0n) is 13.0. The number of carbonyl (C=O) groups excluding carboxylic acids is 2. The fourth-order valence-corrected chi connectivity index (χ4v) is 2.06. The molecule has 0 bridgehead atoms. The molecule has 1 aromatic heterocycles. The number of aromatic nitrogens is 2. The maximum Gasteiger partial charge on any atom is 0.341 e. The second-order valence-electron chi connectivity index (χ2n) is 4.88. The molecule has 1 rings (SSSR count). The predicted octanol–water partition coefficient (Wildman–Crippen LogP) is 0.684. The van der Waals surface area contributed by atoms with Crippen LogP contribution in [0.1, 0.15) is 42.7 Å². The van der Waals surface area contributed by atoms with E-state index >= 15 is 0 Å². The van der Waals surface area contributed by atoms with Crippen LogP contribution in [0.3, 0.4) is 0 Å². The molecule has 1 aromatic rings. The molecule has 0 aliphatic heterocycles. The van der Waals surface area contributed by atoms with Gasteiger partial charge in [-0.3, -0.25) is 14.4 Å². The van der Waals surface area contributed by atoms with E-state index in [-0.39, 0.29) is 12.5 Å². The first-order valence-electron chi connectivity index (χ1n) is 7.18. The average molecular weight is 296 g/mol. The molecule has 0 atom stereocenters. The number of amides is 1. The number of ether oxygens (including phenoxy) is 1. The summed E-state index contributed by atoms with van der Waals surface area (Å²) in [5.74, 6) is -0.777. The van der Waals surface area contributed by atoms with E-state index in [1.165, 1.54) is 6.20 Å². The monoisotopic (exact) mass is 296 g/mol. The summed E-state index contributed by atoms with van der Waals surface area (Å²) in [7, 11) is 1.76. The normalized spacial score (nSPS) is 10.9. The van der Waals surface area contributed by atoms with Gasteiger partial charge in [-0.2, -0.15) is 5.10 Å². The molecule has 0 saturated carbocycles. The minimum absolute atomic E-state index is 0.160. The smallest absolute Gasteiger partial charge is 0.341 e. The van der Waals surface area contributed by atoms with E-state index in [0.29, 0.717) is 18.7 Å². The van der Waals surface area contributed by atoms with Crippen LogP contribution in [-0.2, 0) is 23.1 Å². The standard InChI is InChI=1S/C14H24N4O3/c1-4-6-7-18(10-13(15)19)9-12-11(8-16-17(12)3)14(20)21-5-2/h8H,4-7,9-10H2,1-3H3,(H2,15,19). The molecular formula is C14H24N4O3. The highest BCUT2D eigenvalue weighted by molar-refractivity contribution is 5.90. The van der Waals surface area contributed by atoms with E-state index in [9.17, 15) is 9.59 Å². The summed E-state index contributed by atoms with van der Waals surface area (Å²) in [6, 6.07) is 0. The summed E-state index contributed by atoms with van der Waals surface area (Å²) in [6.07, 6.45) is 3.47. The number of hydrogen-bond acceptors (Lipinski definition) is 5. The van der Waals surface area contributed by atoms with E-state index in [1.807, 2.05) is 4.90 Å². The molecular weight excluding hydrogens is 272 g/mol. The molecule has 0 radical (unpaired) electrons. The van der Waals surface area contributed by atoms with Gasteiger partial charge >= 0.3 is 5.97 Å². The van der Waals surface area contributed by atoms with Gasteiger partial charge in [0.1, 0.15) is 5.56 Å². The van der Waals surface area contributed by atoms with E-state index < -0.39 is 5.97 Å². The highest BCUT2D eigenvalue weighted by atomic mass is 16.5. The van der Waals surface area contributed by atoms with Gasteiger partial charge in [0.15, 0.2) is 0 Å². The third-order valence-corrected chi connectivity index (χ3v) is 3.14. The second-order valence-corrected chi connectivity index (χ2v) is 4.88. The van der Waals surface area contributed by atoms with Crippen molar-refractivity contribution in [1.29, 1.82) is 0 Å². The highest BCUT2D eigenvalue weighted by Crippen LogP contribution is 2.13. The Hall–Kier alpha value is -1.89. The van der Waals surface area contributed by atoms with Crippen LogP contribution in [0, 0.1) is 0 Å². The van der Waals surface area contributed by atoms with E-state index in [2.05, 4.69) is 12.0 Å². The van der Waals surface area contributed by atoms with Crippen molar-refractivity contribution in [3.05, 3.63) is 17.5 Å². The van der Waals surface area contributed by atoms with Crippen LogP contribution in [-0.4, -0.2) is 46.3 Å². The van der Waals surface area contributed by atoms with Gasteiger partial charge in [-0.05, 0) is 19.9 Å². The highest BCUT2D eigenvalue weighted by Gasteiger charge is 2.20. The first-order valence-corrected chi connectivity index (χ1v) is 7.18. The first-order chi connectivity index (χ1) is 9.99. The van der Waals surface area contributed by atoms with Crippen LogP contribution < -0.4 is 5.73 Å². The SMILES string of the molecule is CCCCN(CC(N)=O)Cc1c(C(=O)OCC)cnn1C. The molecule has 0 saturated heterocycles. The molecule has 118 valence electrons. The van der Waals surface area contributed by atoms with E-state index in [1.54, 1.807) is 18.7 Å². The van der Waals surface area contributed by atoms with Gasteiger partial charge in [0.05, 0.1) is 25.0 Å². The fraction of sp³-hybridized carbons (Fsp3) is 0.643. The third kappa shape index (κ3) is 5.18. The molecule has 0 aliphatic rings. The largest absolute Gasteiger partial charge is 0.462 e. The van der Waals surface area contributed by atoms with Crippen molar-refractivity contribution in [1.82, 2.24) is 14.7 Å². The van der Waals surface area contributed by atoms with Gasteiger partial charge in [-0.25, -0.2) is 4.79 Å². The fourth-order valence-electron chi connectivity index (χ4n) is 2.06. The number of unbranched alkanes of at least 4 members (excludes halogenated alkanes) is 1. The summed E-state index contributed by atoms with van der Waals surface area (Å²) in [6.45, 7) is 5.49. The number of primary amides is 1. The first kappa shape index (κ1) is 17.2. The number of esters is 1. The van der Waals surface area contributed by atoms with Crippen molar-refractivity contribution >= 4 is 11.9 Å². The van der Waals surface area contributed by atoms with Gasteiger partial charge < -0.3 is 10.5 Å². The number of hydrogen-bond donors (Lipinski definition) is 1. The third-order valence-electron chi connectivity index (χ3n) is 3.14. The molecule has 0 unspecified atom stereocenters. The summed E-state index contributed by atoms with van der Waals surface area (Å²) in [4.78, 5) is 25.0. The van der Waals surface area contributed by atoms with Crippen LogP contribution in [0.25, 0.3) is 0 Å². The van der Waals surface area contributed by atoms with Crippen LogP contribution in [0.5, 0.6) is 0 Å². The van der Waals surface area contributed by atoms with E-state index in [4.69, 9.17) is 10.5 Å². The number of nitrogens with zero attached hydrogens (tertiary/aromatic N) is 3. The molecule has 1 amide bonds. The lowest BCUT2D eigenvalue weighted by atomic mass is 10.2. The predicted molar refractivity (Wildman–Crippen MR) is 78.5 cm³/mol. The maximum absolute atomic E-state index is 11.9. The molecule has 1 heterocycles. The van der Waals surface area contributed by atoms with Gasteiger partial charge in [-0.15, -0.1) is 0 Å². The lowest BCUT2D eigenvalue weighted by molar-refractivity contribution is -0.119. The van der Waals surface area contributed by atoms with Crippen molar-refractivity contribution in [3.63, 3.8) is 0 Å². The minimum atomic E-state index is -0.393. The molecule has 7 nitrogen and oxygen atoms in total. The minimum Gasteiger partial charge on any atom is -0.462 e. The van der Waals surface area contributed by atoms with Crippen molar-refractivity contribution in [2.24, 2.45) is 12.8 Å².